The number of nitro groups is 1. The van der Waals surface area contributed by atoms with Gasteiger partial charge in [0.1, 0.15) is 5.01 Å². The molecule has 0 saturated carbocycles. The van der Waals surface area contributed by atoms with Crippen molar-refractivity contribution < 1.29 is 4.92 Å². The Bertz CT molecular complexity index is 875. The van der Waals surface area contributed by atoms with E-state index in [9.17, 15) is 10.1 Å². The van der Waals surface area contributed by atoms with Gasteiger partial charge in [-0.05, 0) is 18.6 Å². The number of benzene rings is 1. The van der Waals surface area contributed by atoms with Crippen LogP contribution in [0.5, 0.6) is 0 Å². The van der Waals surface area contributed by atoms with Crippen LogP contribution in [0.1, 0.15) is 18.3 Å². The van der Waals surface area contributed by atoms with Crippen molar-refractivity contribution in [3.63, 3.8) is 0 Å². The zero-order valence-electron chi connectivity index (χ0n) is 12.2. The van der Waals surface area contributed by atoms with E-state index in [1.54, 1.807) is 24.7 Å². The summed E-state index contributed by atoms with van der Waals surface area (Å²) in [4.78, 5) is 23.3. The van der Waals surface area contributed by atoms with Crippen LogP contribution >= 0.6 is 11.3 Å². The molecule has 114 valence electrons. The van der Waals surface area contributed by atoms with Crippen LogP contribution in [0.4, 0.5) is 5.69 Å². The zero-order valence-corrected chi connectivity index (χ0v) is 13.0. The first kappa shape index (κ1) is 15.0. The van der Waals surface area contributed by atoms with E-state index in [0.29, 0.717) is 0 Å². The summed E-state index contributed by atoms with van der Waals surface area (Å²) in [6.45, 7) is 1.94. The molecule has 0 atom stereocenters. The molecule has 0 spiro atoms. The highest BCUT2D eigenvalue weighted by Crippen LogP contribution is 2.28. The Hall–Kier alpha value is -2.93. The number of nitrogens with zero attached hydrogens (tertiary/aromatic N) is 4. The van der Waals surface area contributed by atoms with Crippen LogP contribution in [-0.2, 0) is 0 Å². The summed E-state index contributed by atoms with van der Waals surface area (Å²) >= 11 is 1.45. The molecular formula is C16H12N4O2S. The first-order chi connectivity index (χ1) is 11.1. The van der Waals surface area contributed by atoms with Gasteiger partial charge in [-0.2, -0.15) is 0 Å². The highest BCUT2D eigenvalue weighted by atomic mass is 32.1. The third-order valence-electron chi connectivity index (χ3n) is 3.16. The molecule has 2 heterocycles. The molecule has 0 aliphatic heterocycles. The van der Waals surface area contributed by atoms with E-state index in [-0.39, 0.29) is 5.69 Å². The van der Waals surface area contributed by atoms with Gasteiger partial charge in [0.25, 0.3) is 5.69 Å². The van der Waals surface area contributed by atoms with Crippen LogP contribution in [0.2, 0.25) is 0 Å². The van der Waals surface area contributed by atoms with Gasteiger partial charge in [0.2, 0.25) is 0 Å². The molecular weight excluding hydrogens is 312 g/mol. The van der Waals surface area contributed by atoms with Crippen LogP contribution in [-0.4, -0.2) is 19.9 Å². The fourth-order valence-electron chi connectivity index (χ4n) is 2.04. The van der Waals surface area contributed by atoms with E-state index in [1.165, 1.54) is 23.5 Å². The number of thiazole rings is 1. The Kier molecular flexibility index (Phi) is 4.20. The van der Waals surface area contributed by atoms with E-state index in [0.717, 1.165) is 27.5 Å². The van der Waals surface area contributed by atoms with Crippen molar-refractivity contribution in [2.24, 2.45) is 0 Å². The first-order valence-electron chi connectivity index (χ1n) is 6.78. The van der Waals surface area contributed by atoms with E-state index < -0.39 is 4.92 Å². The topological polar surface area (TPSA) is 81.8 Å². The molecule has 0 radical (unpaired) electrons. The van der Waals surface area contributed by atoms with Crippen LogP contribution in [0, 0.1) is 10.1 Å². The molecule has 1 aromatic carbocycles. The molecule has 0 amide bonds. The second-order valence-electron chi connectivity index (χ2n) is 4.80. The SMILES string of the molecule is C/C(=C/c1csc(-c2cccc([N+](=O)[O-])c2)n1)c1cnccn1. The molecule has 23 heavy (non-hydrogen) atoms. The maximum atomic E-state index is 10.9. The molecule has 7 heteroatoms. The molecule has 0 fully saturated rings. The van der Waals surface area contributed by atoms with Crippen LogP contribution in [0.3, 0.4) is 0 Å². The van der Waals surface area contributed by atoms with Crippen molar-refractivity contribution in [3.8, 4) is 10.6 Å². The quantitative estimate of drug-likeness (QED) is 0.533. The van der Waals surface area contributed by atoms with Gasteiger partial charge < -0.3 is 0 Å². The summed E-state index contributed by atoms with van der Waals surface area (Å²) in [5.41, 5.74) is 3.33. The second kappa shape index (κ2) is 6.45. The summed E-state index contributed by atoms with van der Waals surface area (Å²) < 4.78 is 0. The fourth-order valence-corrected chi connectivity index (χ4v) is 2.81. The van der Waals surface area contributed by atoms with Crippen LogP contribution < -0.4 is 0 Å². The third kappa shape index (κ3) is 3.46. The molecule has 0 unspecified atom stereocenters. The normalized spacial score (nSPS) is 11.4. The Morgan fingerprint density at radius 2 is 2.22 bits per heavy atom. The fraction of sp³-hybridized carbons (Fsp3) is 0.0625. The first-order valence-corrected chi connectivity index (χ1v) is 7.66. The van der Waals surface area contributed by atoms with Gasteiger partial charge in [-0.1, -0.05) is 12.1 Å². The maximum Gasteiger partial charge on any atom is 0.270 e. The van der Waals surface area contributed by atoms with Crippen molar-refractivity contribution in [2.45, 2.75) is 6.92 Å². The summed E-state index contributed by atoms with van der Waals surface area (Å²) in [6.07, 6.45) is 6.88. The number of rotatable bonds is 4. The van der Waals surface area contributed by atoms with Crippen molar-refractivity contribution >= 4 is 28.7 Å². The number of hydrogen-bond acceptors (Lipinski definition) is 6. The molecule has 0 saturated heterocycles. The molecule has 3 rings (SSSR count). The van der Waals surface area contributed by atoms with E-state index in [4.69, 9.17) is 0 Å². The standard InChI is InChI=1S/C16H12N4O2S/c1-11(15-9-17-5-6-18-15)7-13-10-23-16(19-13)12-3-2-4-14(8-12)20(21)22/h2-10H,1H3/b11-7-. The van der Waals surface area contributed by atoms with Gasteiger partial charge in [0.15, 0.2) is 0 Å². The molecule has 0 N–H and O–H groups in total. The van der Waals surface area contributed by atoms with E-state index in [2.05, 4.69) is 15.0 Å². The van der Waals surface area contributed by atoms with Crippen molar-refractivity contribution in [1.29, 1.82) is 0 Å². The average Bonchev–Trinajstić information content (AvgIpc) is 3.04. The zero-order chi connectivity index (χ0) is 16.2. The molecule has 0 aliphatic rings. The Balaban J connectivity index is 1.89. The Morgan fingerprint density at radius 1 is 1.35 bits per heavy atom. The molecule has 2 aromatic heterocycles. The molecule has 6 nitrogen and oxygen atoms in total. The minimum absolute atomic E-state index is 0.0607. The second-order valence-corrected chi connectivity index (χ2v) is 5.66. The number of hydrogen-bond donors (Lipinski definition) is 0. The smallest absolute Gasteiger partial charge is 0.261 e. The van der Waals surface area contributed by atoms with Crippen molar-refractivity contribution in [3.05, 3.63) is 69.7 Å². The number of nitro benzene ring substituents is 1. The largest absolute Gasteiger partial charge is 0.270 e. The van der Waals surface area contributed by atoms with Gasteiger partial charge >= 0.3 is 0 Å². The third-order valence-corrected chi connectivity index (χ3v) is 4.07. The lowest BCUT2D eigenvalue weighted by Gasteiger charge is -1.98. The van der Waals surface area contributed by atoms with Gasteiger partial charge in [0.05, 0.1) is 22.5 Å². The highest BCUT2D eigenvalue weighted by Gasteiger charge is 2.10. The molecule has 0 bridgehead atoms. The van der Waals surface area contributed by atoms with E-state index in [1.807, 2.05) is 24.4 Å². The lowest BCUT2D eigenvalue weighted by molar-refractivity contribution is -0.384. The van der Waals surface area contributed by atoms with Gasteiger partial charge in [-0.3, -0.25) is 20.1 Å². The lowest BCUT2D eigenvalue weighted by atomic mass is 10.2. The summed E-state index contributed by atoms with van der Waals surface area (Å²) in [6, 6.07) is 6.47. The molecule has 3 aromatic rings. The maximum absolute atomic E-state index is 10.9. The summed E-state index contributed by atoms with van der Waals surface area (Å²) in [5, 5.41) is 13.5. The predicted molar refractivity (Wildman–Crippen MR) is 89.8 cm³/mol. The van der Waals surface area contributed by atoms with E-state index >= 15 is 0 Å². The van der Waals surface area contributed by atoms with Crippen molar-refractivity contribution in [2.75, 3.05) is 0 Å². The van der Waals surface area contributed by atoms with Crippen molar-refractivity contribution in [1.82, 2.24) is 15.0 Å². The molecule has 0 aliphatic carbocycles. The Labute approximate surface area is 136 Å². The van der Waals surface area contributed by atoms with Gasteiger partial charge in [0, 0.05) is 35.5 Å². The monoisotopic (exact) mass is 324 g/mol. The number of aromatic nitrogens is 3. The highest BCUT2D eigenvalue weighted by molar-refractivity contribution is 7.13. The lowest BCUT2D eigenvalue weighted by Crippen LogP contribution is -1.88. The number of non-ortho nitro benzene ring substituents is 1. The summed E-state index contributed by atoms with van der Waals surface area (Å²) in [5.74, 6) is 0. The minimum Gasteiger partial charge on any atom is -0.261 e. The van der Waals surface area contributed by atoms with Crippen LogP contribution in [0.15, 0.2) is 48.2 Å². The Morgan fingerprint density at radius 3 is 2.96 bits per heavy atom. The number of allylic oxidation sites excluding steroid dienone is 1. The summed E-state index contributed by atoms with van der Waals surface area (Å²) in [7, 11) is 0. The van der Waals surface area contributed by atoms with Gasteiger partial charge in [-0.25, -0.2) is 4.98 Å². The average molecular weight is 324 g/mol. The minimum atomic E-state index is -0.407. The van der Waals surface area contributed by atoms with Gasteiger partial charge in [-0.15, -0.1) is 11.3 Å². The predicted octanol–water partition coefficient (Wildman–Crippen LogP) is 4.07. The van der Waals surface area contributed by atoms with Crippen LogP contribution in [0.25, 0.3) is 22.2 Å².